The molecule has 2 heterocycles. The monoisotopic (exact) mass is 302 g/mol. The van der Waals surface area contributed by atoms with Gasteiger partial charge in [0, 0.05) is 31.8 Å². The highest BCUT2D eigenvalue weighted by Gasteiger charge is 2.33. The maximum atomic E-state index is 13.9. The molecule has 2 aliphatic rings. The fourth-order valence-corrected chi connectivity index (χ4v) is 2.95. The van der Waals surface area contributed by atoms with Gasteiger partial charge in [-0.05, 0) is 40.0 Å². The Morgan fingerprint density at radius 2 is 1.95 bits per heavy atom. The second-order valence-electron chi connectivity index (χ2n) is 6.90. The van der Waals surface area contributed by atoms with Crippen LogP contribution in [-0.4, -0.2) is 61.2 Å². The Balaban J connectivity index is 1.74. The summed E-state index contributed by atoms with van der Waals surface area (Å²) in [6, 6.07) is 0.0928. The lowest BCUT2D eigenvalue weighted by atomic mass is 9.99. The van der Waals surface area contributed by atoms with Crippen LogP contribution in [0.1, 0.15) is 40.0 Å². The molecule has 1 amide bonds. The van der Waals surface area contributed by atoms with Crippen molar-refractivity contribution < 1.29 is 18.7 Å². The Hall–Kier alpha value is -0.880. The van der Waals surface area contributed by atoms with Crippen molar-refractivity contribution in [3.63, 3.8) is 0 Å². The topological polar surface area (TPSA) is 50.8 Å². The molecule has 0 saturated carbocycles. The number of alkyl halides is 1. The second-order valence-corrected chi connectivity index (χ2v) is 6.90. The summed E-state index contributed by atoms with van der Waals surface area (Å²) in [5.41, 5.74) is -0.478. The SMILES string of the molecule is CC(C)(C)OC(=O)NC1CCN(C2CCOCC2F)CC1. The minimum absolute atomic E-state index is 0.0266. The van der Waals surface area contributed by atoms with E-state index in [0.29, 0.717) is 6.61 Å². The number of nitrogens with one attached hydrogen (secondary N) is 1. The van der Waals surface area contributed by atoms with Crippen molar-refractivity contribution in [2.24, 2.45) is 0 Å². The number of amides is 1. The van der Waals surface area contributed by atoms with E-state index in [4.69, 9.17) is 9.47 Å². The Kier molecular flexibility index (Phi) is 5.43. The smallest absolute Gasteiger partial charge is 0.407 e. The van der Waals surface area contributed by atoms with E-state index in [0.717, 1.165) is 32.4 Å². The molecule has 21 heavy (non-hydrogen) atoms. The number of alkyl carbamates (subject to hydrolysis) is 1. The van der Waals surface area contributed by atoms with Crippen molar-refractivity contribution in [1.29, 1.82) is 0 Å². The molecular weight excluding hydrogens is 275 g/mol. The first-order valence-electron chi connectivity index (χ1n) is 7.80. The van der Waals surface area contributed by atoms with Gasteiger partial charge in [-0.3, -0.25) is 4.90 Å². The highest BCUT2D eigenvalue weighted by Crippen LogP contribution is 2.22. The number of carbonyl (C=O) groups excluding carboxylic acids is 1. The summed E-state index contributed by atoms with van der Waals surface area (Å²) >= 11 is 0. The molecule has 0 aromatic carbocycles. The molecule has 2 atom stereocenters. The first kappa shape index (κ1) is 16.5. The van der Waals surface area contributed by atoms with Gasteiger partial charge >= 0.3 is 6.09 Å². The van der Waals surface area contributed by atoms with Gasteiger partial charge in [0.2, 0.25) is 0 Å². The lowest BCUT2D eigenvalue weighted by Gasteiger charge is -2.40. The maximum absolute atomic E-state index is 13.9. The lowest BCUT2D eigenvalue weighted by molar-refractivity contribution is -0.0348. The van der Waals surface area contributed by atoms with E-state index in [1.54, 1.807) is 0 Å². The number of nitrogens with zero attached hydrogens (tertiary/aromatic N) is 1. The average Bonchev–Trinajstić information content (AvgIpc) is 2.38. The number of ether oxygens (including phenoxy) is 2. The number of halogens is 1. The van der Waals surface area contributed by atoms with Gasteiger partial charge < -0.3 is 14.8 Å². The normalized spacial score (nSPS) is 29.1. The Morgan fingerprint density at radius 1 is 1.29 bits per heavy atom. The maximum Gasteiger partial charge on any atom is 0.407 e. The highest BCUT2D eigenvalue weighted by atomic mass is 19.1. The van der Waals surface area contributed by atoms with E-state index >= 15 is 0 Å². The van der Waals surface area contributed by atoms with E-state index in [-0.39, 0.29) is 24.8 Å². The molecular formula is C15H27FN2O3. The third-order valence-electron chi connectivity index (χ3n) is 3.97. The molecule has 0 bridgehead atoms. The molecule has 0 aromatic heterocycles. The van der Waals surface area contributed by atoms with E-state index in [2.05, 4.69) is 10.2 Å². The fraction of sp³-hybridized carbons (Fsp3) is 0.933. The average molecular weight is 302 g/mol. The van der Waals surface area contributed by atoms with Gasteiger partial charge in [0.05, 0.1) is 6.61 Å². The second kappa shape index (κ2) is 6.92. The molecule has 5 nitrogen and oxygen atoms in total. The van der Waals surface area contributed by atoms with Gasteiger partial charge in [-0.15, -0.1) is 0 Å². The van der Waals surface area contributed by atoms with Crippen molar-refractivity contribution in [3.8, 4) is 0 Å². The summed E-state index contributed by atoms with van der Waals surface area (Å²) in [6.45, 7) is 8.02. The minimum atomic E-state index is -0.894. The van der Waals surface area contributed by atoms with Crippen molar-refractivity contribution >= 4 is 6.09 Å². The van der Waals surface area contributed by atoms with Gasteiger partial charge in [0.25, 0.3) is 0 Å². The van der Waals surface area contributed by atoms with Crippen molar-refractivity contribution in [1.82, 2.24) is 10.2 Å². The summed E-state index contributed by atoms with van der Waals surface area (Å²) < 4.78 is 24.3. The Bertz CT molecular complexity index is 351. The van der Waals surface area contributed by atoms with Gasteiger partial charge in [-0.1, -0.05) is 0 Å². The summed E-state index contributed by atoms with van der Waals surface area (Å²) in [7, 11) is 0. The van der Waals surface area contributed by atoms with Crippen LogP contribution in [0.3, 0.4) is 0 Å². The van der Waals surface area contributed by atoms with Gasteiger partial charge in [0.15, 0.2) is 0 Å². The fourth-order valence-electron chi connectivity index (χ4n) is 2.95. The van der Waals surface area contributed by atoms with Crippen LogP contribution in [0.4, 0.5) is 9.18 Å². The number of rotatable bonds is 2. The third kappa shape index (κ3) is 5.11. The summed E-state index contributed by atoms with van der Waals surface area (Å²) in [5.74, 6) is 0. The lowest BCUT2D eigenvalue weighted by Crippen LogP contribution is -2.53. The highest BCUT2D eigenvalue weighted by molar-refractivity contribution is 5.68. The standard InChI is InChI=1S/C15H27FN2O3/c1-15(2,3)21-14(19)17-11-4-7-18(8-5-11)13-6-9-20-10-12(13)16/h11-13H,4-10H2,1-3H3,(H,17,19). The molecule has 0 radical (unpaired) electrons. The number of hydrogen-bond donors (Lipinski definition) is 1. The first-order chi connectivity index (χ1) is 9.85. The van der Waals surface area contributed by atoms with Crippen LogP contribution in [0, 0.1) is 0 Å². The van der Waals surface area contributed by atoms with Crippen LogP contribution in [0.5, 0.6) is 0 Å². The van der Waals surface area contributed by atoms with Crippen molar-refractivity contribution in [2.45, 2.75) is 63.9 Å². The minimum Gasteiger partial charge on any atom is -0.444 e. The van der Waals surface area contributed by atoms with Gasteiger partial charge in [0.1, 0.15) is 11.8 Å². The Labute approximate surface area is 126 Å². The third-order valence-corrected chi connectivity index (χ3v) is 3.97. The molecule has 1 N–H and O–H groups in total. The number of piperidine rings is 1. The molecule has 2 saturated heterocycles. The van der Waals surface area contributed by atoms with Crippen molar-refractivity contribution in [2.75, 3.05) is 26.3 Å². The molecule has 2 rings (SSSR count). The quantitative estimate of drug-likeness (QED) is 0.849. The number of carbonyl (C=O) groups is 1. The van der Waals surface area contributed by atoms with Crippen LogP contribution in [0.15, 0.2) is 0 Å². The zero-order valence-electron chi connectivity index (χ0n) is 13.2. The van der Waals surface area contributed by atoms with Crippen LogP contribution in [-0.2, 0) is 9.47 Å². The molecule has 0 aliphatic carbocycles. The van der Waals surface area contributed by atoms with E-state index < -0.39 is 11.8 Å². The molecule has 2 unspecified atom stereocenters. The molecule has 2 aliphatic heterocycles. The van der Waals surface area contributed by atoms with Crippen LogP contribution in [0.2, 0.25) is 0 Å². The predicted octanol–water partition coefficient (Wildman–Crippen LogP) is 2.10. The summed E-state index contributed by atoms with van der Waals surface area (Å²) in [5, 5.41) is 2.90. The van der Waals surface area contributed by atoms with Crippen LogP contribution >= 0.6 is 0 Å². The molecule has 2 fully saturated rings. The summed E-state index contributed by atoms with van der Waals surface area (Å²) in [4.78, 5) is 13.9. The molecule has 0 aromatic rings. The molecule has 122 valence electrons. The van der Waals surface area contributed by atoms with Crippen LogP contribution < -0.4 is 5.32 Å². The zero-order chi connectivity index (χ0) is 15.5. The Morgan fingerprint density at radius 3 is 2.52 bits per heavy atom. The van der Waals surface area contributed by atoms with E-state index in [1.165, 1.54) is 0 Å². The molecule has 0 spiro atoms. The predicted molar refractivity (Wildman–Crippen MR) is 78.1 cm³/mol. The van der Waals surface area contributed by atoms with Gasteiger partial charge in [-0.25, -0.2) is 9.18 Å². The first-order valence-corrected chi connectivity index (χ1v) is 7.80. The van der Waals surface area contributed by atoms with Crippen molar-refractivity contribution in [3.05, 3.63) is 0 Å². The molecule has 6 heteroatoms. The zero-order valence-corrected chi connectivity index (χ0v) is 13.2. The van der Waals surface area contributed by atoms with Crippen LogP contribution in [0.25, 0.3) is 0 Å². The van der Waals surface area contributed by atoms with E-state index in [1.807, 2.05) is 20.8 Å². The summed E-state index contributed by atoms with van der Waals surface area (Å²) in [6.07, 6.45) is 1.17. The largest absolute Gasteiger partial charge is 0.444 e. The number of hydrogen-bond acceptors (Lipinski definition) is 4. The van der Waals surface area contributed by atoms with Gasteiger partial charge in [-0.2, -0.15) is 0 Å². The van der Waals surface area contributed by atoms with E-state index in [9.17, 15) is 9.18 Å². The number of likely N-dealkylation sites (tertiary alicyclic amines) is 1.